The van der Waals surface area contributed by atoms with Crippen LogP contribution < -0.4 is 15.4 Å². The van der Waals surface area contributed by atoms with Crippen LogP contribution >= 0.6 is 11.6 Å². The summed E-state index contributed by atoms with van der Waals surface area (Å²) in [6, 6.07) is 15.8. The molecular weight excluding hydrogens is 781 g/mol. The van der Waals surface area contributed by atoms with Crippen molar-refractivity contribution in [3.8, 4) is 17.0 Å². The quantitative estimate of drug-likeness (QED) is 0.122. The number of piperazine rings is 1. The average Bonchev–Trinajstić information content (AvgIpc) is 3.86. The van der Waals surface area contributed by atoms with Gasteiger partial charge in [-0.1, -0.05) is 41.9 Å². The minimum atomic E-state index is -4.64. The molecule has 17 heteroatoms. The number of aliphatic hydroxyl groups is 2. The Morgan fingerprint density at radius 1 is 1.09 bits per heavy atom. The van der Waals surface area contributed by atoms with Gasteiger partial charge in [0, 0.05) is 66.3 Å². The summed E-state index contributed by atoms with van der Waals surface area (Å²) in [5.41, 5.74) is 1.57. The minimum absolute atomic E-state index is 0.0138. The SMILES string of the molecule is CC(C)(c1nc(-c2ccc(Cl)cc2)co1)N1CCN(C[C@@H](O)C[C@@H](Cc2cc3ccncc3o2)C(=O)N[C@H]2c3ccccc3OC[C@H]2O)[C@H](C(=O)NCC(F)(F)F)C1. The molecule has 5 atom stereocenters. The maximum absolute atomic E-state index is 14.1. The molecule has 0 unspecified atom stereocenters. The number of aliphatic hydroxyl groups excluding tert-OH is 2. The van der Waals surface area contributed by atoms with Crippen LogP contribution in [-0.4, -0.2) is 106 Å². The van der Waals surface area contributed by atoms with E-state index in [1.54, 1.807) is 78.0 Å². The number of carbonyl (C=O) groups excluding carboxylic acids is 2. The molecule has 4 N–H and O–H groups in total. The number of pyridine rings is 1. The van der Waals surface area contributed by atoms with Gasteiger partial charge in [0.15, 0.2) is 5.58 Å². The Balaban J connectivity index is 1.09. The van der Waals surface area contributed by atoms with E-state index in [2.05, 4.69) is 10.3 Å². The minimum Gasteiger partial charge on any atom is -0.490 e. The number of carbonyl (C=O) groups is 2. The molecule has 1 saturated heterocycles. The van der Waals surface area contributed by atoms with Gasteiger partial charge in [-0.05, 0) is 50.6 Å². The molecule has 7 rings (SSSR count). The van der Waals surface area contributed by atoms with Crippen LogP contribution in [0.15, 0.2) is 88.2 Å². The number of hydrogen-bond donors (Lipinski definition) is 4. The number of furan rings is 1. The highest BCUT2D eigenvalue weighted by Gasteiger charge is 2.43. The van der Waals surface area contributed by atoms with E-state index in [1.807, 2.05) is 24.1 Å². The fraction of sp³-hybridized carbons (Fsp3) is 0.415. The molecule has 5 heterocycles. The van der Waals surface area contributed by atoms with Gasteiger partial charge >= 0.3 is 6.18 Å². The molecule has 2 amide bonds. The van der Waals surface area contributed by atoms with Crippen molar-refractivity contribution in [3.05, 3.63) is 102 Å². The fourth-order valence-electron chi connectivity index (χ4n) is 7.58. The van der Waals surface area contributed by atoms with E-state index in [4.69, 9.17) is 30.2 Å². The Morgan fingerprint density at radius 3 is 2.62 bits per heavy atom. The van der Waals surface area contributed by atoms with Crippen molar-refractivity contribution >= 4 is 34.4 Å². The number of aromatic nitrogens is 2. The zero-order chi connectivity index (χ0) is 41.2. The lowest BCUT2D eigenvalue weighted by molar-refractivity contribution is -0.145. The molecule has 3 aromatic heterocycles. The number of β-amino-alcohol motifs (C(OH)–C–C–N with tert-alkyl or cyclic N) is 1. The second-order valence-corrected chi connectivity index (χ2v) is 15.6. The van der Waals surface area contributed by atoms with Crippen LogP contribution in [0.4, 0.5) is 13.2 Å². The largest absolute Gasteiger partial charge is 0.490 e. The Kier molecular flexibility index (Phi) is 12.1. The fourth-order valence-corrected chi connectivity index (χ4v) is 7.70. The van der Waals surface area contributed by atoms with Crippen molar-refractivity contribution < 1.29 is 46.5 Å². The zero-order valence-electron chi connectivity index (χ0n) is 31.8. The van der Waals surface area contributed by atoms with Gasteiger partial charge in [-0.25, -0.2) is 4.98 Å². The van der Waals surface area contributed by atoms with Gasteiger partial charge in [-0.15, -0.1) is 0 Å². The first-order valence-corrected chi connectivity index (χ1v) is 19.3. The van der Waals surface area contributed by atoms with Crippen molar-refractivity contribution in [2.45, 2.75) is 62.7 Å². The number of para-hydroxylation sites is 1. The Morgan fingerprint density at radius 2 is 1.86 bits per heavy atom. The number of benzene rings is 2. The van der Waals surface area contributed by atoms with Gasteiger partial charge in [-0.3, -0.25) is 24.4 Å². The number of rotatable bonds is 13. The lowest BCUT2D eigenvalue weighted by Gasteiger charge is -2.46. The Labute approximate surface area is 337 Å². The first kappa shape index (κ1) is 41.2. The molecule has 2 aliphatic rings. The van der Waals surface area contributed by atoms with Crippen molar-refractivity contribution in [2.24, 2.45) is 5.92 Å². The molecule has 0 bridgehead atoms. The molecule has 13 nitrogen and oxygen atoms in total. The third kappa shape index (κ3) is 9.48. The molecule has 58 heavy (non-hydrogen) atoms. The van der Waals surface area contributed by atoms with Gasteiger partial charge in [0.1, 0.15) is 48.8 Å². The summed E-state index contributed by atoms with van der Waals surface area (Å²) in [5, 5.41) is 28.8. The third-order valence-electron chi connectivity index (χ3n) is 10.8. The second-order valence-electron chi connectivity index (χ2n) is 15.2. The smallest absolute Gasteiger partial charge is 0.405 e. The maximum atomic E-state index is 14.1. The number of ether oxygens (including phenoxy) is 1. The normalized spacial score (nSPS) is 20.2. The van der Waals surface area contributed by atoms with Crippen LogP contribution in [0.5, 0.6) is 5.75 Å². The van der Waals surface area contributed by atoms with Crippen LogP contribution in [0.2, 0.25) is 5.02 Å². The second kappa shape index (κ2) is 17.1. The molecule has 0 aliphatic carbocycles. The summed E-state index contributed by atoms with van der Waals surface area (Å²) >= 11 is 6.05. The van der Waals surface area contributed by atoms with Crippen LogP contribution in [0.25, 0.3) is 22.2 Å². The summed E-state index contributed by atoms with van der Waals surface area (Å²) in [6.45, 7) is 2.53. The molecule has 0 radical (unpaired) electrons. The topological polar surface area (TPSA) is 166 Å². The maximum Gasteiger partial charge on any atom is 0.405 e. The van der Waals surface area contributed by atoms with E-state index in [9.17, 15) is 33.0 Å². The van der Waals surface area contributed by atoms with E-state index in [-0.39, 0.29) is 39.1 Å². The van der Waals surface area contributed by atoms with Gasteiger partial charge in [0.2, 0.25) is 17.7 Å². The number of amides is 2. The highest BCUT2D eigenvalue weighted by Crippen LogP contribution is 2.34. The van der Waals surface area contributed by atoms with Crippen LogP contribution in [0, 0.1) is 5.92 Å². The summed E-state index contributed by atoms with van der Waals surface area (Å²) in [7, 11) is 0. The van der Waals surface area contributed by atoms with E-state index in [0.717, 1.165) is 10.9 Å². The number of hydrogen-bond acceptors (Lipinski definition) is 11. The zero-order valence-corrected chi connectivity index (χ0v) is 32.5. The van der Waals surface area contributed by atoms with Gasteiger partial charge in [0.05, 0.1) is 23.9 Å². The van der Waals surface area contributed by atoms with Gasteiger partial charge < -0.3 is 34.4 Å². The lowest BCUT2D eigenvalue weighted by atomic mass is 9.92. The van der Waals surface area contributed by atoms with Crippen LogP contribution in [-0.2, 0) is 21.5 Å². The third-order valence-corrected chi connectivity index (χ3v) is 11.0. The summed E-state index contributed by atoms with van der Waals surface area (Å²) < 4.78 is 57.5. The van der Waals surface area contributed by atoms with Crippen LogP contribution in [0.3, 0.4) is 0 Å². The highest BCUT2D eigenvalue weighted by molar-refractivity contribution is 6.30. The van der Waals surface area contributed by atoms with E-state index in [0.29, 0.717) is 45.8 Å². The van der Waals surface area contributed by atoms with E-state index < -0.39 is 60.3 Å². The molecular formula is C41H44ClF3N6O7. The molecule has 2 aliphatic heterocycles. The molecule has 0 spiro atoms. The average molecular weight is 825 g/mol. The van der Waals surface area contributed by atoms with Crippen molar-refractivity contribution in [3.63, 3.8) is 0 Å². The van der Waals surface area contributed by atoms with Gasteiger partial charge in [0.25, 0.3) is 0 Å². The molecule has 0 saturated carbocycles. The summed E-state index contributed by atoms with van der Waals surface area (Å²) in [5.74, 6) is -0.878. The first-order valence-electron chi connectivity index (χ1n) is 18.9. The summed E-state index contributed by atoms with van der Waals surface area (Å²) in [4.78, 5) is 40.0. The molecule has 308 valence electrons. The van der Waals surface area contributed by atoms with E-state index in [1.165, 1.54) is 6.26 Å². The lowest BCUT2D eigenvalue weighted by Crippen LogP contribution is -2.63. The number of fused-ring (bicyclic) bond motifs is 2. The molecule has 1 fully saturated rings. The van der Waals surface area contributed by atoms with E-state index >= 15 is 0 Å². The molecule has 5 aromatic rings. The highest BCUT2D eigenvalue weighted by atomic mass is 35.5. The monoisotopic (exact) mass is 824 g/mol. The number of nitrogens with one attached hydrogen (secondary N) is 2. The van der Waals surface area contributed by atoms with Crippen molar-refractivity contribution in [2.75, 3.05) is 39.3 Å². The predicted octanol–water partition coefficient (Wildman–Crippen LogP) is 5.26. The Bertz CT molecular complexity index is 2180. The number of alkyl halides is 3. The number of nitrogens with zero attached hydrogens (tertiary/aromatic N) is 4. The van der Waals surface area contributed by atoms with Crippen molar-refractivity contribution in [1.82, 2.24) is 30.4 Å². The van der Waals surface area contributed by atoms with Crippen molar-refractivity contribution in [1.29, 1.82) is 0 Å². The molecule has 2 aromatic carbocycles. The van der Waals surface area contributed by atoms with Crippen LogP contribution in [0.1, 0.15) is 43.5 Å². The first-order chi connectivity index (χ1) is 27.6. The van der Waals surface area contributed by atoms with Gasteiger partial charge in [-0.2, -0.15) is 13.2 Å². The predicted molar refractivity (Wildman–Crippen MR) is 207 cm³/mol. The number of oxazole rings is 1. The Hall–Kier alpha value is -5.00. The number of halogens is 4. The standard InChI is InChI=1S/C41H44ClF3N6O7/c1-40(2,39-48-31(21-57-39)24-7-9-27(42)10-8-24)51-14-13-50(32(20-51)38(55)47-23-41(43,44)45)19-28(52)15-26(17-29-16-25-11-12-46-18-35(25)58-29)37(54)49-36-30-5-3-4-6-34(30)56-22-33(36)53/h3-12,16,18,21,26,28,32-33,36,52-53H,13-15,17,19-20,22-23H2,1-2H3,(H,47,55)(H,49,54)/t26-,28-,32-,33+,36-/m0/s1. The summed E-state index contributed by atoms with van der Waals surface area (Å²) in [6.07, 6.45) is -2.24.